The number of likely N-dealkylation sites (N-methyl/N-ethyl adjacent to an activating group) is 1. The van der Waals surface area contributed by atoms with E-state index in [1.165, 1.54) is 0 Å². The molecule has 1 atom stereocenters. The second-order valence-corrected chi connectivity index (χ2v) is 7.70. The zero-order valence-corrected chi connectivity index (χ0v) is 17.4. The molecule has 0 aliphatic carbocycles. The molecular formula is C24H22F3N3O2. The summed E-state index contributed by atoms with van der Waals surface area (Å²) < 4.78 is 43.5. The first-order valence-corrected chi connectivity index (χ1v) is 10.2. The Kier molecular flexibility index (Phi) is 6.14. The summed E-state index contributed by atoms with van der Waals surface area (Å²) in [4.78, 5) is 21.0. The van der Waals surface area contributed by atoms with Gasteiger partial charge in [-0.2, -0.15) is 13.2 Å². The van der Waals surface area contributed by atoms with Crippen LogP contribution in [0.15, 0.2) is 72.9 Å². The van der Waals surface area contributed by atoms with Crippen LogP contribution >= 0.6 is 0 Å². The summed E-state index contributed by atoms with van der Waals surface area (Å²) in [6, 6.07) is 18.5. The summed E-state index contributed by atoms with van der Waals surface area (Å²) in [6.07, 6.45) is -3.72. The summed E-state index contributed by atoms with van der Waals surface area (Å²) in [5, 5.41) is 0. The summed E-state index contributed by atoms with van der Waals surface area (Å²) >= 11 is 0. The molecule has 1 aromatic heterocycles. The van der Waals surface area contributed by atoms with Crippen LogP contribution in [0, 0.1) is 0 Å². The molecule has 0 radical (unpaired) electrons. The van der Waals surface area contributed by atoms with Crippen LogP contribution in [0.3, 0.4) is 0 Å². The molecule has 2 aromatic carbocycles. The minimum absolute atomic E-state index is 0.0419. The Morgan fingerprint density at radius 2 is 1.72 bits per heavy atom. The van der Waals surface area contributed by atoms with E-state index in [9.17, 15) is 18.0 Å². The molecule has 1 fully saturated rings. The van der Waals surface area contributed by atoms with E-state index in [0.29, 0.717) is 17.9 Å². The maximum Gasteiger partial charge on any atom is 0.417 e. The third kappa shape index (κ3) is 4.91. The molecule has 8 heteroatoms. The number of alkyl halides is 3. The van der Waals surface area contributed by atoms with Crippen molar-refractivity contribution < 1.29 is 22.7 Å². The number of nitrogens with zero attached hydrogens (tertiary/aromatic N) is 3. The zero-order chi connectivity index (χ0) is 22.7. The van der Waals surface area contributed by atoms with Gasteiger partial charge in [-0.15, -0.1) is 0 Å². The van der Waals surface area contributed by atoms with Gasteiger partial charge in [0.25, 0.3) is 5.91 Å². The van der Waals surface area contributed by atoms with Crippen molar-refractivity contribution in [3.05, 3.63) is 89.6 Å². The predicted molar refractivity (Wildman–Crippen MR) is 113 cm³/mol. The quantitative estimate of drug-likeness (QED) is 0.570. The maximum absolute atomic E-state index is 13.2. The van der Waals surface area contributed by atoms with E-state index in [-0.39, 0.29) is 17.8 Å². The lowest BCUT2D eigenvalue weighted by molar-refractivity contribution is -0.137. The third-order valence-electron chi connectivity index (χ3n) is 5.42. The molecule has 0 bridgehead atoms. The number of benzene rings is 2. The molecule has 3 aromatic rings. The van der Waals surface area contributed by atoms with Crippen molar-refractivity contribution in [1.82, 2.24) is 14.8 Å². The first kappa shape index (κ1) is 21.8. The van der Waals surface area contributed by atoms with Crippen molar-refractivity contribution in [1.29, 1.82) is 0 Å². The van der Waals surface area contributed by atoms with Crippen molar-refractivity contribution in [2.75, 3.05) is 26.7 Å². The smallest absolute Gasteiger partial charge is 0.417 e. The molecule has 0 saturated carbocycles. The fourth-order valence-corrected chi connectivity index (χ4v) is 3.68. The van der Waals surface area contributed by atoms with Crippen molar-refractivity contribution >= 4 is 5.91 Å². The van der Waals surface area contributed by atoms with Gasteiger partial charge in [-0.3, -0.25) is 4.79 Å². The molecule has 0 N–H and O–H groups in total. The van der Waals surface area contributed by atoms with Crippen LogP contribution in [0.5, 0.6) is 11.6 Å². The van der Waals surface area contributed by atoms with E-state index in [4.69, 9.17) is 4.74 Å². The van der Waals surface area contributed by atoms with Crippen LogP contribution in [-0.2, 0) is 6.18 Å². The Morgan fingerprint density at radius 3 is 2.34 bits per heavy atom. The number of piperazine rings is 1. The lowest BCUT2D eigenvalue weighted by Crippen LogP contribution is -2.49. The highest BCUT2D eigenvalue weighted by Gasteiger charge is 2.31. The molecular weight excluding hydrogens is 419 g/mol. The lowest BCUT2D eigenvalue weighted by atomic mass is 10.0. The van der Waals surface area contributed by atoms with Crippen LogP contribution in [-0.4, -0.2) is 47.4 Å². The number of carbonyl (C=O) groups excluding carboxylic acids is 1. The largest absolute Gasteiger partial charge is 0.439 e. The molecule has 1 saturated heterocycles. The lowest BCUT2D eigenvalue weighted by Gasteiger charge is -2.40. The Balaban J connectivity index is 1.47. The fraction of sp³-hybridized carbons (Fsp3) is 0.250. The van der Waals surface area contributed by atoms with Gasteiger partial charge < -0.3 is 14.5 Å². The van der Waals surface area contributed by atoms with Crippen molar-refractivity contribution in [3.63, 3.8) is 0 Å². The Labute approximate surface area is 184 Å². The first-order chi connectivity index (χ1) is 15.3. The predicted octanol–water partition coefficient (Wildman–Crippen LogP) is 5.02. The Morgan fingerprint density at radius 1 is 1.00 bits per heavy atom. The van der Waals surface area contributed by atoms with Gasteiger partial charge in [-0.05, 0) is 42.9 Å². The topological polar surface area (TPSA) is 45.7 Å². The number of rotatable bonds is 4. The maximum atomic E-state index is 13.2. The molecule has 1 aliphatic rings. The highest BCUT2D eigenvalue weighted by molar-refractivity contribution is 5.94. The van der Waals surface area contributed by atoms with E-state index in [0.717, 1.165) is 37.0 Å². The number of carbonyl (C=O) groups is 1. The van der Waals surface area contributed by atoms with Crippen LogP contribution in [0.4, 0.5) is 13.2 Å². The number of halogens is 3. The molecule has 0 unspecified atom stereocenters. The second kappa shape index (κ2) is 9.00. The van der Waals surface area contributed by atoms with Gasteiger partial charge >= 0.3 is 6.18 Å². The summed E-state index contributed by atoms with van der Waals surface area (Å²) in [6.45, 7) is 2.15. The van der Waals surface area contributed by atoms with Gasteiger partial charge in [0.2, 0.25) is 5.88 Å². The molecule has 0 spiro atoms. The number of pyridine rings is 1. The van der Waals surface area contributed by atoms with Gasteiger partial charge in [-0.1, -0.05) is 30.3 Å². The van der Waals surface area contributed by atoms with E-state index in [2.05, 4.69) is 9.88 Å². The molecule has 32 heavy (non-hydrogen) atoms. The SMILES string of the molecule is CN1CCN(C(=O)c2ccc(Oc3ccc(C(F)(F)F)cn3)cc2)[C@H](c2ccccc2)C1. The van der Waals surface area contributed by atoms with Crippen molar-refractivity contribution in [2.24, 2.45) is 0 Å². The highest BCUT2D eigenvalue weighted by atomic mass is 19.4. The molecule has 4 rings (SSSR count). The summed E-state index contributed by atoms with van der Waals surface area (Å²) in [5.74, 6) is 0.346. The van der Waals surface area contributed by atoms with Crippen LogP contribution in [0.1, 0.15) is 27.5 Å². The fourth-order valence-electron chi connectivity index (χ4n) is 3.68. The van der Waals surface area contributed by atoms with E-state index < -0.39 is 11.7 Å². The van der Waals surface area contributed by atoms with Crippen LogP contribution < -0.4 is 4.74 Å². The third-order valence-corrected chi connectivity index (χ3v) is 5.42. The molecule has 166 valence electrons. The van der Waals surface area contributed by atoms with Crippen LogP contribution in [0.2, 0.25) is 0 Å². The van der Waals surface area contributed by atoms with E-state index >= 15 is 0 Å². The Hall–Kier alpha value is -3.39. The second-order valence-electron chi connectivity index (χ2n) is 7.70. The average Bonchev–Trinajstić information content (AvgIpc) is 2.79. The van der Waals surface area contributed by atoms with Crippen molar-refractivity contribution in [2.45, 2.75) is 12.2 Å². The Bertz CT molecular complexity index is 1050. The van der Waals surface area contributed by atoms with Crippen LogP contribution in [0.25, 0.3) is 0 Å². The molecule has 2 heterocycles. The van der Waals surface area contributed by atoms with E-state index in [1.54, 1.807) is 24.3 Å². The van der Waals surface area contributed by atoms with Crippen molar-refractivity contribution in [3.8, 4) is 11.6 Å². The van der Waals surface area contributed by atoms with Gasteiger partial charge in [0, 0.05) is 37.5 Å². The average molecular weight is 441 g/mol. The summed E-state index contributed by atoms with van der Waals surface area (Å²) in [5.41, 5.74) is 0.759. The number of hydrogen-bond donors (Lipinski definition) is 0. The monoisotopic (exact) mass is 441 g/mol. The van der Waals surface area contributed by atoms with Gasteiger partial charge in [0.05, 0.1) is 11.6 Å². The standard InChI is InChI=1S/C24H22F3N3O2/c1-29-13-14-30(21(16-29)17-5-3-2-4-6-17)23(31)18-7-10-20(11-8-18)32-22-12-9-19(15-28-22)24(25,26)27/h2-12,15,21H,13-14,16H2,1H3/t21-/m0/s1. The zero-order valence-electron chi connectivity index (χ0n) is 17.4. The normalized spacial score (nSPS) is 17.2. The van der Waals surface area contributed by atoms with E-state index in [1.807, 2.05) is 42.3 Å². The molecule has 1 aliphatic heterocycles. The van der Waals surface area contributed by atoms with Gasteiger partial charge in [-0.25, -0.2) is 4.98 Å². The number of amides is 1. The number of ether oxygens (including phenoxy) is 1. The highest BCUT2D eigenvalue weighted by Crippen LogP contribution is 2.30. The minimum Gasteiger partial charge on any atom is -0.439 e. The van der Waals surface area contributed by atoms with Gasteiger partial charge in [0.15, 0.2) is 0 Å². The first-order valence-electron chi connectivity index (χ1n) is 10.2. The molecule has 5 nitrogen and oxygen atoms in total. The minimum atomic E-state index is -4.45. The number of hydrogen-bond acceptors (Lipinski definition) is 4. The number of aromatic nitrogens is 1. The molecule has 1 amide bonds. The van der Waals surface area contributed by atoms with Gasteiger partial charge in [0.1, 0.15) is 5.75 Å². The summed E-state index contributed by atoms with van der Waals surface area (Å²) in [7, 11) is 2.04.